The number of hydrogen-bond acceptors (Lipinski definition) is 4. The molecule has 102 valence electrons. The Labute approximate surface area is 120 Å². The van der Waals surface area contributed by atoms with Gasteiger partial charge in [-0.2, -0.15) is 0 Å². The van der Waals surface area contributed by atoms with Crippen LogP contribution >= 0.6 is 0 Å². The molecule has 0 bridgehead atoms. The van der Waals surface area contributed by atoms with Crippen LogP contribution in [0.2, 0.25) is 0 Å². The van der Waals surface area contributed by atoms with Gasteiger partial charge in [0.2, 0.25) is 5.95 Å². The van der Waals surface area contributed by atoms with Crippen LogP contribution in [0.3, 0.4) is 0 Å². The van der Waals surface area contributed by atoms with Gasteiger partial charge in [0, 0.05) is 29.4 Å². The van der Waals surface area contributed by atoms with Gasteiger partial charge < -0.3 is 4.74 Å². The van der Waals surface area contributed by atoms with Crippen molar-refractivity contribution in [1.29, 1.82) is 0 Å². The minimum absolute atomic E-state index is 0.635. The third-order valence-electron chi connectivity index (χ3n) is 3.49. The maximum Gasteiger partial charge on any atom is 0.234 e. The number of pyridine rings is 1. The van der Waals surface area contributed by atoms with Gasteiger partial charge in [-0.05, 0) is 30.3 Å². The van der Waals surface area contributed by atoms with Gasteiger partial charge in [-0.1, -0.05) is 0 Å². The van der Waals surface area contributed by atoms with E-state index in [4.69, 9.17) is 4.74 Å². The number of benzene rings is 1. The molecule has 5 nitrogen and oxygen atoms in total. The van der Waals surface area contributed by atoms with Gasteiger partial charge in [-0.25, -0.2) is 9.97 Å². The number of fused-ring (bicyclic) bond motifs is 2. The molecule has 0 aliphatic heterocycles. The molecule has 4 aromatic rings. The highest BCUT2D eigenvalue weighted by atomic mass is 16.5. The first kappa shape index (κ1) is 11.8. The Morgan fingerprint density at radius 2 is 2.00 bits per heavy atom. The Hall–Kier alpha value is -2.95. The molecule has 21 heavy (non-hydrogen) atoms. The summed E-state index contributed by atoms with van der Waals surface area (Å²) in [5.74, 6) is 1.44. The van der Waals surface area contributed by atoms with Crippen molar-refractivity contribution >= 4 is 21.8 Å². The van der Waals surface area contributed by atoms with Crippen molar-refractivity contribution < 1.29 is 4.74 Å². The van der Waals surface area contributed by atoms with Gasteiger partial charge >= 0.3 is 0 Å². The second-order valence-corrected chi connectivity index (χ2v) is 4.71. The van der Waals surface area contributed by atoms with Crippen LogP contribution in [0.4, 0.5) is 0 Å². The molecular formula is C16H12N4O. The van der Waals surface area contributed by atoms with Crippen molar-refractivity contribution in [3.63, 3.8) is 0 Å². The number of aromatic nitrogens is 4. The smallest absolute Gasteiger partial charge is 0.234 e. The fourth-order valence-corrected chi connectivity index (χ4v) is 2.39. The van der Waals surface area contributed by atoms with E-state index in [1.165, 1.54) is 0 Å². The first-order chi connectivity index (χ1) is 10.3. The minimum Gasteiger partial charge on any atom is -0.497 e. The highest BCUT2D eigenvalue weighted by molar-refractivity contribution is 5.82. The number of nitrogens with zero attached hydrogens (tertiary/aromatic N) is 4. The zero-order valence-corrected chi connectivity index (χ0v) is 11.4. The molecule has 4 rings (SSSR count). The normalized spacial score (nSPS) is 11.1. The van der Waals surface area contributed by atoms with Crippen molar-refractivity contribution in [3.8, 4) is 11.7 Å². The molecule has 3 heterocycles. The molecule has 1 aromatic carbocycles. The number of methoxy groups -OCH3 is 1. The zero-order valence-electron chi connectivity index (χ0n) is 11.4. The lowest BCUT2D eigenvalue weighted by Crippen LogP contribution is -1.99. The Morgan fingerprint density at radius 1 is 1.05 bits per heavy atom. The Balaban J connectivity index is 1.90. The fraction of sp³-hybridized carbons (Fsp3) is 0.0625. The molecule has 0 aliphatic carbocycles. The van der Waals surface area contributed by atoms with Crippen LogP contribution in [0.15, 0.2) is 55.1 Å². The maximum absolute atomic E-state index is 5.21. The minimum atomic E-state index is 0.635. The van der Waals surface area contributed by atoms with E-state index in [9.17, 15) is 0 Å². The van der Waals surface area contributed by atoms with Crippen molar-refractivity contribution in [1.82, 2.24) is 19.5 Å². The van der Waals surface area contributed by atoms with E-state index in [0.717, 1.165) is 27.6 Å². The summed E-state index contributed by atoms with van der Waals surface area (Å²) in [4.78, 5) is 13.2. The predicted octanol–water partition coefficient (Wildman–Crippen LogP) is 2.98. The summed E-state index contributed by atoms with van der Waals surface area (Å²) < 4.78 is 7.15. The molecule has 0 radical (unpaired) electrons. The van der Waals surface area contributed by atoms with Gasteiger partial charge in [0.25, 0.3) is 0 Å². The van der Waals surface area contributed by atoms with Gasteiger partial charge in [0.05, 0.1) is 24.3 Å². The third-order valence-corrected chi connectivity index (χ3v) is 3.49. The molecule has 0 aliphatic rings. The van der Waals surface area contributed by atoms with Crippen LogP contribution in [0.25, 0.3) is 27.8 Å². The standard InChI is InChI=1S/C16H12N4O/c1-21-13-2-3-14-12(8-13)9-18-16(19-14)20-7-5-11-4-6-17-10-15(11)20/h2-10H,1H3. The molecule has 0 saturated heterocycles. The van der Waals surface area contributed by atoms with E-state index in [1.54, 1.807) is 13.3 Å². The Morgan fingerprint density at radius 3 is 2.90 bits per heavy atom. The van der Waals surface area contributed by atoms with Crippen LogP contribution in [-0.4, -0.2) is 26.6 Å². The lowest BCUT2D eigenvalue weighted by atomic mass is 10.2. The summed E-state index contributed by atoms with van der Waals surface area (Å²) in [7, 11) is 1.65. The van der Waals surface area contributed by atoms with E-state index in [1.807, 2.05) is 53.5 Å². The van der Waals surface area contributed by atoms with Gasteiger partial charge in [-0.3, -0.25) is 9.55 Å². The molecule has 5 heteroatoms. The van der Waals surface area contributed by atoms with Crippen LogP contribution in [-0.2, 0) is 0 Å². The van der Waals surface area contributed by atoms with Crippen molar-refractivity contribution in [3.05, 3.63) is 55.1 Å². The quantitative estimate of drug-likeness (QED) is 0.565. The largest absolute Gasteiger partial charge is 0.497 e. The van der Waals surface area contributed by atoms with E-state index in [0.29, 0.717) is 5.95 Å². The molecular weight excluding hydrogens is 264 g/mol. The number of ether oxygens (including phenoxy) is 1. The molecule has 0 saturated carbocycles. The molecule has 0 fully saturated rings. The molecule has 0 unspecified atom stereocenters. The summed E-state index contributed by atoms with van der Waals surface area (Å²) in [5, 5.41) is 2.07. The van der Waals surface area contributed by atoms with E-state index in [-0.39, 0.29) is 0 Å². The Bertz CT molecular complexity index is 945. The SMILES string of the molecule is COc1ccc2nc(-n3ccc4ccncc43)ncc2c1. The molecule has 0 amide bonds. The fourth-order valence-electron chi connectivity index (χ4n) is 2.39. The molecule has 0 spiro atoms. The van der Waals surface area contributed by atoms with Crippen molar-refractivity contribution in [2.24, 2.45) is 0 Å². The van der Waals surface area contributed by atoms with Crippen molar-refractivity contribution in [2.75, 3.05) is 7.11 Å². The lowest BCUT2D eigenvalue weighted by molar-refractivity contribution is 0.415. The van der Waals surface area contributed by atoms with Crippen LogP contribution in [0.5, 0.6) is 5.75 Å². The summed E-state index contributed by atoms with van der Waals surface area (Å²) >= 11 is 0. The number of rotatable bonds is 2. The van der Waals surface area contributed by atoms with Gasteiger partial charge in [-0.15, -0.1) is 0 Å². The summed E-state index contributed by atoms with van der Waals surface area (Å²) in [6.45, 7) is 0. The van der Waals surface area contributed by atoms with Crippen LogP contribution in [0, 0.1) is 0 Å². The van der Waals surface area contributed by atoms with Gasteiger partial charge in [0.1, 0.15) is 5.75 Å². The van der Waals surface area contributed by atoms with Crippen molar-refractivity contribution in [2.45, 2.75) is 0 Å². The first-order valence-electron chi connectivity index (χ1n) is 6.57. The monoisotopic (exact) mass is 276 g/mol. The average Bonchev–Trinajstić information content (AvgIpc) is 2.98. The lowest BCUT2D eigenvalue weighted by Gasteiger charge is -2.06. The van der Waals surface area contributed by atoms with E-state index < -0.39 is 0 Å². The summed E-state index contributed by atoms with van der Waals surface area (Å²) in [6.07, 6.45) is 7.36. The second kappa shape index (κ2) is 4.56. The Kier molecular flexibility index (Phi) is 2.57. The number of hydrogen-bond donors (Lipinski definition) is 0. The maximum atomic E-state index is 5.21. The first-order valence-corrected chi connectivity index (χ1v) is 6.57. The predicted molar refractivity (Wildman–Crippen MR) is 80.7 cm³/mol. The molecule has 0 atom stereocenters. The topological polar surface area (TPSA) is 52.8 Å². The zero-order chi connectivity index (χ0) is 14.2. The summed E-state index contributed by atoms with van der Waals surface area (Å²) in [5.41, 5.74) is 1.87. The van der Waals surface area contributed by atoms with Gasteiger partial charge in [0.15, 0.2) is 0 Å². The van der Waals surface area contributed by atoms with E-state index in [2.05, 4.69) is 15.0 Å². The molecule has 3 aromatic heterocycles. The second-order valence-electron chi connectivity index (χ2n) is 4.71. The third kappa shape index (κ3) is 1.90. The van der Waals surface area contributed by atoms with E-state index >= 15 is 0 Å². The van der Waals surface area contributed by atoms with Crippen LogP contribution < -0.4 is 4.74 Å². The molecule has 0 N–H and O–H groups in total. The van der Waals surface area contributed by atoms with Crippen LogP contribution in [0.1, 0.15) is 0 Å². The average molecular weight is 276 g/mol. The highest BCUT2D eigenvalue weighted by Gasteiger charge is 2.07. The highest BCUT2D eigenvalue weighted by Crippen LogP contribution is 2.21. The summed E-state index contributed by atoms with van der Waals surface area (Å²) in [6, 6.07) is 9.75.